The molecule has 78 valence electrons. The van der Waals surface area contributed by atoms with E-state index in [2.05, 4.69) is 0 Å². The molecule has 0 aromatic heterocycles. The zero-order valence-corrected chi connectivity index (χ0v) is 9.12. The largest absolute Gasteiger partial charge is 0.495 e. The van der Waals surface area contributed by atoms with E-state index in [1.54, 1.807) is 0 Å². The first-order valence-corrected chi connectivity index (χ1v) is 4.77. The lowest BCUT2D eigenvalue weighted by Gasteiger charge is -2.11. The molecule has 0 radical (unpaired) electrons. The van der Waals surface area contributed by atoms with Crippen LogP contribution in [0, 0.1) is 5.82 Å². The third-order valence-corrected chi connectivity index (χ3v) is 2.51. The van der Waals surface area contributed by atoms with Crippen molar-refractivity contribution < 1.29 is 9.13 Å². The van der Waals surface area contributed by atoms with Crippen molar-refractivity contribution in [1.29, 1.82) is 0 Å². The summed E-state index contributed by atoms with van der Waals surface area (Å²) < 4.78 is 18.2. The zero-order chi connectivity index (χ0) is 10.7. The van der Waals surface area contributed by atoms with Gasteiger partial charge < -0.3 is 10.5 Å². The number of nitrogens with two attached hydrogens (primary N) is 1. The van der Waals surface area contributed by atoms with Crippen molar-refractivity contribution in [3.63, 3.8) is 0 Å². The van der Waals surface area contributed by atoms with Crippen LogP contribution in [0.2, 0.25) is 10.0 Å². The summed E-state index contributed by atoms with van der Waals surface area (Å²) in [6.45, 7) is 0.357. The molecule has 2 nitrogen and oxygen atoms in total. The predicted octanol–water partition coefficient (Wildman–Crippen LogP) is 2.64. The molecule has 0 spiro atoms. The molecular formula is C9H10Cl2FNO. The molecule has 1 aromatic rings. The minimum absolute atomic E-state index is 0.0247. The standard InChI is InChI=1S/C9H10Cl2FNO/c1-14-9-5(2-3-13)8(11)7(12)4-6(9)10/h4H,2-3,13H2,1H3. The lowest BCUT2D eigenvalue weighted by molar-refractivity contribution is 0.408. The molecule has 1 aromatic carbocycles. The number of rotatable bonds is 3. The van der Waals surface area contributed by atoms with Crippen molar-refractivity contribution in [2.75, 3.05) is 13.7 Å². The van der Waals surface area contributed by atoms with Gasteiger partial charge in [0, 0.05) is 5.56 Å². The molecule has 0 bridgehead atoms. The van der Waals surface area contributed by atoms with E-state index in [0.717, 1.165) is 6.07 Å². The summed E-state index contributed by atoms with van der Waals surface area (Å²) in [6.07, 6.45) is 0.430. The van der Waals surface area contributed by atoms with Gasteiger partial charge in [0.05, 0.1) is 17.2 Å². The van der Waals surface area contributed by atoms with E-state index in [9.17, 15) is 4.39 Å². The van der Waals surface area contributed by atoms with E-state index in [4.69, 9.17) is 33.7 Å². The molecule has 0 aliphatic carbocycles. The number of halogens is 3. The Morgan fingerprint density at radius 3 is 2.64 bits per heavy atom. The molecular weight excluding hydrogens is 228 g/mol. The van der Waals surface area contributed by atoms with Crippen molar-refractivity contribution in [2.24, 2.45) is 5.73 Å². The lowest BCUT2D eigenvalue weighted by Crippen LogP contribution is -2.06. The first kappa shape index (κ1) is 11.6. The molecule has 5 heteroatoms. The summed E-state index contributed by atoms with van der Waals surface area (Å²) in [5.41, 5.74) is 5.89. The Kier molecular flexibility index (Phi) is 3.98. The van der Waals surface area contributed by atoms with E-state index >= 15 is 0 Å². The highest BCUT2D eigenvalue weighted by molar-refractivity contribution is 6.35. The number of hydrogen-bond donors (Lipinski definition) is 1. The molecule has 0 unspecified atom stereocenters. The predicted molar refractivity (Wildman–Crippen MR) is 55.7 cm³/mol. The van der Waals surface area contributed by atoms with Crippen molar-refractivity contribution in [3.05, 3.63) is 27.5 Å². The topological polar surface area (TPSA) is 35.2 Å². The average Bonchev–Trinajstić information content (AvgIpc) is 2.14. The van der Waals surface area contributed by atoms with Crippen molar-refractivity contribution in [2.45, 2.75) is 6.42 Å². The van der Waals surface area contributed by atoms with Crippen molar-refractivity contribution in [3.8, 4) is 5.75 Å². The minimum Gasteiger partial charge on any atom is -0.495 e. The number of benzene rings is 1. The molecule has 0 saturated heterocycles. The van der Waals surface area contributed by atoms with Gasteiger partial charge in [-0.1, -0.05) is 23.2 Å². The summed E-state index contributed by atoms with van der Waals surface area (Å²) in [5.74, 6) is -0.163. The maximum Gasteiger partial charge on any atom is 0.143 e. The monoisotopic (exact) mass is 237 g/mol. The fourth-order valence-electron chi connectivity index (χ4n) is 1.22. The maximum absolute atomic E-state index is 13.2. The Balaban J connectivity index is 3.32. The molecule has 14 heavy (non-hydrogen) atoms. The van der Waals surface area contributed by atoms with Crippen molar-refractivity contribution >= 4 is 23.2 Å². The van der Waals surface area contributed by atoms with Crippen LogP contribution in [0.5, 0.6) is 5.75 Å². The Morgan fingerprint density at radius 2 is 2.14 bits per heavy atom. The van der Waals surface area contributed by atoms with Gasteiger partial charge in [0.15, 0.2) is 0 Å². The Bertz CT molecular complexity index is 344. The van der Waals surface area contributed by atoms with Crippen molar-refractivity contribution in [1.82, 2.24) is 0 Å². The minimum atomic E-state index is -0.555. The van der Waals surface area contributed by atoms with E-state index in [0.29, 0.717) is 24.3 Å². The van der Waals surface area contributed by atoms with Gasteiger partial charge >= 0.3 is 0 Å². The second-order valence-electron chi connectivity index (χ2n) is 2.70. The van der Waals surface area contributed by atoms with Crippen LogP contribution in [-0.4, -0.2) is 13.7 Å². The Morgan fingerprint density at radius 1 is 1.50 bits per heavy atom. The third-order valence-electron chi connectivity index (χ3n) is 1.82. The first-order chi connectivity index (χ1) is 6.61. The van der Waals surface area contributed by atoms with E-state index in [1.165, 1.54) is 7.11 Å². The van der Waals surface area contributed by atoms with Crippen LogP contribution in [0.15, 0.2) is 6.07 Å². The van der Waals surface area contributed by atoms with Gasteiger partial charge in [0.2, 0.25) is 0 Å². The van der Waals surface area contributed by atoms with Gasteiger partial charge in [-0.05, 0) is 19.0 Å². The molecule has 0 saturated carbocycles. The van der Waals surface area contributed by atoms with Crippen LogP contribution in [-0.2, 0) is 6.42 Å². The average molecular weight is 238 g/mol. The lowest BCUT2D eigenvalue weighted by atomic mass is 10.1. The Hall–Kier alpha value is -0.510. The highest BCUT2D eigenvalue weighted by Crippen LogP contribution is 2.35. The quantitative estimate of drug-likeness (QED) is 0.821. The molecule has 0 heterocycles. The normalized spacial score (nSPS) is 10.4. The maximum atomic E-state index is 13.2. The smallest absolute Gasteiger partial charge is 0.143 e. The summed E-state index contributed by atoms with van der Waals surface area (Å²) in [7, 11) is 1.45. The second-order valence-corrected chi connectivity index (χ2v) is 3.49. The summed E-state index contributed by atoms with van der Waals surface area (Å²) in [6, 6.07) is 1.13. The summed E-state index contributed by atoms with van der Waals surface area (Å²) in [5, 5.41) is 0.231. The van der Waals surface area contributed by atoms with Gasteiger partial charge in [-0.25, -0.2) is 4.39 Å². The molecule has 2 N–H and O–H groups in total. The SMILES string of the molecule is COc1c(Cl)cc(F)c(Cl)c1CCN. The van der Waals surface area contributed by atoms with Gasteiger partial charge in [0.1, 0.15) is 11.6 Å². The summed E-state index contributed by atoms with van der Waals surface area (Å²) >= 11 is 11.5. The molecule has 0 fully saturated rings. The highest BCUT2D eigenvalue weighted by atomic mass is 35.5. The number of ether oxygens (including phenoxy) is 1. The van der Waals surface area contributed by atoms with Crippen LogP contribution >= 0.6 is 23.2 Å². The van der Waals surface area contributed by atoms with Crippen LogP contribution in [0.25, 0.3) is 0 Å². The fourth-order valence-corrected chi connectivity index (χ4v) is 1.74. The number of methoxy groups -OCH3 is 1. The van der Waals surface area contributed by atoms with Gasteiger partial charge in [0.25, 0.3) is 0 Å². The zero-order valence-electron chi connectivity index (χ0n) is 7.61. The number of hydrogen-bond acceptors (Lipinski definition) is 2. The van der Waals surface area contributed by atoms with Gasteiger partial charge in [-0.3, -0.25) is 0 Å². The second kappa shape index (κ2) is 4.82. The molecule has 0 atom stereocenters. The van der Waals surface area contributed by atoms with Gasteiger partial charge in [-0.2, -0.15) is 0 Å². The van der Waals surface area contributed by atoms with E-state index in [1.807, 2.05) is 0 Å². The van der Waals surface area contributed by atoms with Crippen LogP contribution in [0.1, 0.15) is 5.56 Å². The first-order valence-electron chi connectivity index (χ1n) is 4.02. The molecule has 0 amide bonds. The van der Waals surface area contributed by atoms with E-state index < -0.39 is 5.82 Å². The highest BCUT2D eigenvalue weighted by Gasteiger charge is 2.15. The fraction of sp³-hybridized carbons (Fsp3) is 0.333. The molecule has 0 aliphatic heterocycles. The third kappa shape index (κ3) is 2.11. The van der Waals surface area contributed by atoms with Crippen LogP contribution < -0.4 is 10.5 Å². The van der Waals surface area contributed by atoms with Gasteiger partial charge in [-0.15, -0.1) is 0 Å². The molecule has 1 rings (SSSR count). The van der Waals surface area contributed by atoms with Crippen LogP contribution in [0.3, 0.4) is 0 Å². The van der Waals surface area contributed by atoms with Crippen LogP contribution in [0.4, 0.5) is 4.39 Å². The molecule has 0 aliphatic rings. The Labute approximate surface area is 91.8 Å². The van der Waals surface area contributed by atoms with E-state index in [-0.39, 0.29) is 10.0 Å². The summed E-state index contributed by atoms with van der Waals surface area (Å²) in [4.78, 5) is 0.